The molecule has 1 aromatic carbocycles. The average Bonchev–Trinajstić information content (AvgIpc) is 2.28. The Bertz CT molecular complexity index is 382. The highest BCUT2D eigenvalue weighted by molar-refractivity contribution is 5.97. The van der Waals surface area contributed by atoms with Crippen LogP contribution in [0.15, 0.2) is 24.3 Å². The topological polar surface area (TPSA) is 43.1 Å². The lowest BCUT2D eigenvalue weighted by molar-refractivity contribution is 0.0977. The van der Waals surface area contributed by atoms with Gasteiger partial charge in [0.1, 0.15) is 0 Å². The first-order valence-electron chi connectivity index (χ1n) is 6.65. The number of Topliss-reactive ketones (excluding diaryl/α,β-unsaturated/α-hetero) is 1. The first-order chi connectivity index (χ1) is 8.33. The molecule has 0 radical (unpaired) electrons. The average molecular weight is 231 g/mol. The lowest BCUT2D eigenvalue weighted by Gasteiger charge is -2.27. The third-order valence-corrected chi connectivity index (χ3v) is 3.66. The van der Waals surface area contributed by atoms with Crippen LogP contribution in [0.25, 0.3) is 0 Å². The van der Waals surface area contributed by atoms with Gasteiger partial charge in [-0.25, -0.2) is 0 Å². The predicted octanol–water partition coefficient (Wildman–Crippen LogP) is 3.27. The molecule has 0 atom stereocenters. The highest BCUT2D eigenvalue weighted by Crippen LogP contribution is 2.38. The Morgan fingerprint density at radius 1 is 1.24 bits per heavy atom. The lowest BCUT2D eigenvalue weighted by Crippen LogP contribution is -2.14. The summed E-state index contributed by atoms with van der Waals surface area (Å²) in [5.41, 5.74) is 7.68. The monoisotopic (exact) mass is 231 g/mol. The highest BCUT2D eigenvalue weighted by Gasteiger charge is 2.23. The van der Waals surface area contributed by atoms with E-state index in [4.69, 9.17) is 5.73 Å². The van der Waals surface area contributed by atoms with E-state index in [2.05, 4.69) is 6.07 Å². The molecule has 1 aromatic rings. The van der Waals surface area contributed by atoms with Crippen molar-refractivity contribution in [2.75, 3.05) is 6.54 Å². The predicted molar refractivity (Wildman–Crippen MR) is 70.3 cm³/mol. The Balaban J connectivity index is 2.05. The van der Waals surface area contributed by atoms with Gasteiger partial charge in [0.05, 0.1) is 0 Å². The summed E-state index contributed by atoms with van der Waals surface area (Å²) in [4.78, 5) is 12.1. The van der Waals surface area contributed by atoms with Gasteiger partial charge in [-0.15, -0.1) is 0 Å². The highest BCUT2D eigenvalue weighted by atomic mass is 16.1. The number of carbonyl (C=O) groups is 1. The fraction of sp³-hybridized carbons (Fsp3) is 0.533. The summed E-state index contributed by atoms with van der Waals surface area (Å²) in [5, 5.41) is 0. The van der Waals surface area contributed by atoms with Gasteiger partial charge >= 0.3 is 0 Å². The van der Waals surface area contributed by atoms with Crippen molar-refractivity contribution >= 4 is 5.78 Å². The van der Waals surface area contributed by atoms with Gasteiger partial charge < -0.3 is 5.73 Å². The maximum absolute atomic E-state index is 12.1. The van der Waals surface area contributed by atoms with Gasteiger partial charge in [0.25, 0.3) is 0 Å². The van der Waals surface area contributed by atoms with Crippen LogP contribution in [0.4, 0.5) is 0 Å². The van der Waals surface area contributed by atoms with Gasteiger partial charge in [-0.3, -0.25) is 4.79 Å². The van der Waals surface area contributed by atoms with Gasteiger partial charge in [-0.1, -0.05) is 30.7 Å². The molecule has 17 heavy (non-hydrogen) atoms. The van der Waals surface area contributed by atoms with Crippen molar-refractivity contribution in [1.82, 2.24) is 0 Å². The minimum absolute atomic E-state index is 0.293. The van der Waals surface area contributed by atoms with Crippen molar-refractivity contribution in [3.8, 4) is 0 Å². The van der Waals surface area contributed by atoms with Crippen molar-refractivity contribution in [2.24, 2.45) is 5.73 Å². The molecule has 1 fully saturated rings. The summed E-state index contributed by atoms with van der Waals surface area (Å²) in [6.45, 7) is 0.678. The molecular formula is C15H21NO. The van der Waals surface area contributed by atoms with Gasteiger partial charge in [0.2, 0.25) is 0 Å². The number of benzene rings is 1. The van der Waals surface area contributed by atoms with Crippen LogP contribution >= 0.6 is 0 Å². The molecule has 0 heterocycles. The summed E-state index contributed by atoms with van der Waals surface area (Å²) < 4.78 is 0. The van der Waals surface area contributed by atoms with E-state index in [0.717, 1.165) is 18.4 Å². The molecule has 1 aliphatic carbocycles. The van der Waals surface area contributed by atoms with Crippen molar-refractivity contribution < 1.29 is 4.79 Å². The van der Waals surface area contributed by atoms with Crippen molar-refractivity contribution in [1.29, 1.82) is 0 Å². The van der Waals surface area contributed by atoms with Gasteiger partial charge in [-0.05, 0) is 43.7 Å². The summed E-state index contributed by atoms with van der Waals surface area (Å²) in [6.07, 6.45) is 6.28. The fourth-order valence-corrected chi connectivity index (χ4v) is 2.39. The molecule has 2 rings (SSSR count). The molecule has 0 bridgehead atoms. The number of hydrogen-bond donors (Lipinski definition) is 1. The van der Waals surface area contributed by atoms with Gasteiger partial charge in [-0.2, -0.15) is 0 Å². The Labute approximate surface area is 103 Å². The molecule has 0 amide bonds. The van der Waals surface area contributed by atoms with Gasteiger partial charge in [0.15, 0.2) is 5.78 Å². The smallest absolute Gasteiger partial charge is 0.163 e. The standard InChI is InChI=1S/C15H21NO/c16-11-4-3-10-15(17)14-9-2-1-8-13(14)12-6-5-7-12/h1-2,8-9,12H,3-7,10-11,16H2. The third kappa shape index (κ3) is 2.95. The zero-order chi connectivity index (χ0) is 12.1. The molecule has 0 saturated heterocycles. The van der Waals surface area contributed by atoms with Gasteiger partial charge in [0, 0.05) is 12.0 Å². The molecular weight excluding hydrogens is 210 g/mol. The zero-order valence-electron chi connectivity index (χ0n) is 10.3. The minimum Gasteiger partial charge on any atom is -0.330 e. The number of nitrogens with two attached hydrogens (primary N) is 1. The van der Waals surface area contributed by atoms with E-state index in [0.29, 0.717) is 24.7 Å². The maximum Gasteiger partial charge on any atom is 0.163 e. The number of unbranched alkanes of at least 4 members (excludes halogenated alkanes) is 1. The largest absolute Gasteiger partial charge is 0.330 e. The molecule has 1 saturated carbocycles. The van der Waals surface area contributed by atoms with E-state index < -0.39 is 0 Å². The molecule has 0 aliphatic heterocycles. The van der Waals surface area contributed by atoms with Crippen LogP contribution in [-0.2, 0) is 0 Å². The second kappa shape index (κ2) is 5.97. The molecule has 0 spiro atoms. The first kappa shape index (κ1) is 12.3. The molecule has 1 aliphatic rings. The van der Waals surface area contributed by atoms with Crippen molar-refractivity contribution in [3.05, 3.63) is 35.4 Å². The normalized spacial score (nSPS) is 15.6. The summed E-state index contributed by atoms with van der Waals surface area (Å²) in [5.74, 6) is 0.922. The number of hydrogen-bond acceptors (Lipinski definition) is 2. The van der Waals surface area contributed by atoms with E-state index in [-0.39, 0.29) is 0 Å². The summed E-state index contributed by atoms with van der Waals surface area (Å²) >= 11 is 0. The maximum atomic E-state index is 12.1. The molecule has 0 aromatic heterocycles. The molecule has 2 heteroatoms. The van der Waals surface area contributed by atoms with E-state index in [9.17, 15) is 4.79 Å². The van der Waals surface area contributed by atoms with Crippen LogP contribution in [0, 0.1) is 0 Å². The van der Waals surface area contributed by atoms with Crippen molar-refractivity contribution in [3.63, 3.8) is 0 Å². The Morgan fingerprint density at radius 3 is 2.65 bits per heavy atom. The van der Waals surface area contributed by atoms with Crippen LogP contribution < -0.4 is 5.73 Å². The van der Waals surface area contributed by atoms with Crippen LogP contribution in [0.2, 0.25) is 0 Å². The summed E-state index contributed by atoms with van der Waals surface area (Å²) in [6, 6.07) is 8.13. The van der Waals surface area contributed by atoms with Crippen LogP contribution in [0.5, 0.6) is 0 Å². The summed E-state index contributed by atoms with van der Waals surface area (Å²) in [7, 11) is 0. The second-order valence-electron chi connectivity index (χ2n) is 4.88. The van der Waals surface area contributed by atoms with E-state index in [1.807, 2.05) is 18.2 Å². The van der Waals surface area contributed by atoms with Crippen LogP contribution in [0.1, 0.15) is 60.4 Å². The molecule has 2 N–H and O–H groups in total. The number of carbonyl (C=O) groups excluding carboxylic acids is 1. The SMILES string of the molecule is NCCCCC(=O)c1ccccc1C1CCC1. The first-order valence-corrected chi connectivity index (χ1v) is 6.65. The van der Waals surface area contributed by atoms with Crippen molar-refractivity contribution in [2.45, 2.75) is 44.4 Å². The molecule has 0 unspecified atom stereocenters. The Kier molecular flexibility index (Phi) is 4.32. The van der Waals surface area contributed by atoms with Crippen LogP contribution in [0.3, 0.4) is 0 Å². The Morgan fingerprint density at radius 2 is 2.00 bits per heavy atom. The number of ketones is 1. The fourth-order valence-electron chi connectivity index (χ4n) is 2.39. The third-order valence-electron chi connectivity index (χ3n) is 3.66. The molecule has 2 nitrogen and oxygen atoms in total. The molecule has 92 valence electrons. The number of rotatable bonds is 6. The minimum atomic E-state index is 0.293. The lowest BCUT2D eigenvalue weighted by atomic mass is 9.77. The van der Waals surface area contributed by atoms with E-state index in [1.54, 1.807) is 0 Å². The van der Waals surface area contributed by atoms with Crippen LogP contribution in [-0.4, -0.2) is 12.3 Å². The quantitative estimate of drug-likeness (QED) is 0.603. The Hall–Kier alpha value is -1.15. The zero-order valence-corrected chi connectivity index (χ0v) is 10.3. The van der Waals surface area contributed by atoms with E-state index in [1.165, 1.54) is 24.8 Å². The second-order valence-corrected chi connectivity index (χ2v) is 4.88. The van der Waals surface area contributed by atoms with E-state index >= 15 is 0 Å².